The van der Waals surface area contributed by atoms with Crippen molar-refractivity contribution in [3.63, 3.8) is 0 Å². The molecule has 6 rings (SSSR count). The van der Waals surface area contributed by atoms with Crippen molar-refractivity contribution in [3.05, 3.63) is 30.7 Å². The van der Waals surface area contributed by atoms with Crippen molar-refractivity contribution in [2.24, 2.45) is 0 Å². The Balaban J connectivity index is 1.03. The molecule has 1 saturated carbocycles. The average Bonchev–Trinajstić information content (AvgIpc) is 2.99. The number of pyridine rings is 2. The standard InChI is InChI=1S/C28H36F2N8O3/c29-25(30)18-36-5-7-37(8-6-36)20-15-32-28(33-16-20)34-19-1-3-22(4-2-19)41-27-23-13-21(39)17-31-24(23)14-26(35-27)38-9-11-40-12-10-38/h13-17,19,22,25,39H,1-12,18H2,(H,32,33,34). The highest BCUT2D eigenvalue weighted by molar-refractivity contribution is 5.86. The van der Waals surface area contributed by atoms with Crippen LogP contribution in [0, 0.1) is 0 Å². The second kappa shape index (κ2) is 12.5. The summed E-state index contributed by atoms with van der Waals surface area (Å²) in [5, 5.41) is 14.2. The van der Waals surface area contributed by atoms with E-state index in [1.165, 1.54) is 6.20 Å². The maximum Gasteiger partial charge on any atom is 0.251 e. The molecule has 2 aliphatic heterocycles. The maximum absolute atomic E-state index is 12.6. The summed E-state index contributed by atoms with van der Waals surface area (Å²) < 4.78 is 37.2. The fourth-order valence-electron chi connectivity index (χ4n) is 5.72. The molecule has 3 aromatic rings. The lowest BCUT2D eigenvalue weighted by Gasteiger charge is -2.35. The van der Waals surface area contributed by atoms with Gasteiger partial charge in [0, 0.05) is 51.4 Å². The van der Waals surface area contributed by atoms with Crippen LogP contribution in [0.3, 0.4) is 0 Å². The molecule has 0 aromatic carbocycles. The highest BCUT2D eigenvalue weighted by Gasteiger charge is 2.26. The zero-order valence-electron chi connectivity index (χ0n) is 23.0. The monoisotopic (exact) mass is 570 g/mol. The van der Waals surface area contributed by atoms with E-state index < -0.39 is 6.43 Å². The van der Waals surface area contributed by atoms with Crippen molar-refractivity contribution in [1.29, 1.82) is 0 Å². The molecule has 3 aromatic heterocycles. The molecule has 2 N–H and O–H groups in total. The number of halogens is 2. The fraction of sp³-hybridized carbons (Fsp3) is 0.571. The van der Waals surface area contributed by atoms with E-state index >= 15 is 0 Å². The highest BCUT2D eigenvalue weighted by Crippen LogP contribution is 2.33. The number of piperazine rings is 1. The number of aromatic hydroxyl groups is 1. The van der Waals surface area contributed by atoms with Crippen LogP contribution >= 0.6 is 0 Å². The predicted molar refractivity (Wildman–Crippen MR) is 151 cm³/mol. The normalized spacial score (nSPS) is 22.3. The number of nitrogens with one attached hydrogen (secondary N) is 1. The molecule has 0 atom stereocenters. The first-order valence-electron chi connectivity index (χ1n) is 14.3. The summed E-state index contributed by atoms with van der Waals surface area (Å²) in [7, 11) is 0. The minimum atomic E-state index is -2.30. The lowest BCUT2D eigenvalue weighted by Crippen LogP contribution is -2.47. The molecule has 3 fully saturated rings. The van der Waals surface area contributed by atoms with E-state index in [9.17, 15) is 13.9 Å². The number of alkyl halides is 2. The number of rotatable bonds is 8. The van der Waals surface area contributed by atoms with Crippen molar-refractivity contribution in [2.45, 2.75) is 44.3 Å². The van der Waals surface area contributed by atoms with Gasteiger partial charge in [0.15, 0.2) is 0 Å². The van der Waals surface area contributed by atoms with Crippen LogP contribution in [0.4, 0.5) is 26.2 Å². The zero-order valence-corrected chi connectivity index (χ0v) is 23.0. The van der Waals surface area contributed by atoms with Gasteiger partial charge in [-0.15, -0.1) is 0 Å². The van der Waals surface area contributed by atoms with E-state index in [0.29, 0.717) is 56.6 Å². The highest BCUT2D eigenvalue weighted by atomic mass is 19.3. The molecule has 11 nitrogen and oxygen atoms in total. The number of morpholine rings is 1. The minimum Gasteiger partial charge on any atom is -0.506 e. The lowest BCUT2D eigenvalue weighted by molar-refractivity contribution is 0.0854. The van der Waals surface area contributed by atoms with E-state index in [-0.39, 0.29) is 24.4 Å². The quantitative estimate of drug-likeness (QED) is 0.417. The van der Waals surface area contributed by atoms with Crippen molar-refractivity contribution in [3.8, 4) is 11.6 Å². The van der Waals surface area contributed by atoms with Gasteiger partial charge in [0.05, 0.1) is 54.9 Å². The average molecular weight is 571 g/mol. The summed E-state index contributed by atoms with van der Waals surface area (Å²) in [4.78, 5) is 24.4. The Kier molecular flexibility index (Phi) is 8.42. The number of hydrogen-bond donors (Lipinski definition) is 2. The molecular formula is C28H36F2N8O3. The van der Waals surface area contributed by atoms with Gasteiger partial charge >= 0.3 is 0 Å². The van der Waals surface area contributed by atoms with Crippen LogP contribution < -0.4 is 19.9 Å². The topological polar surface area (TPSA) is 112 Å². The van der Waals surface area contributed by atoms with E-state index in [1.54, 1.807) is 23.4 Å². The summed E-state index contributed by atoms with van der Waals surface area (Å²) in [6.07, 6.45) is 6.22. The Morgan fingerprint density at radius 1 is 0.927 bits per heavy atom. The van der Waals surface area contributed by atoms with Crippen LogP contribution in [-0.4, -0.2) is 108 Å². The molecule has 0 bridgehead atoms. The molecule has 5 heterocycles. The first kappa shape index (κ1) is 27.6. The van der Waals surface area contributed by atoms with Gasteiger partial charge in [0.2, 0.25) is 11.8 Å². The Morgan fingerprint density at radius 3 is 2.37 bits per heavy atom. The Bertz CT molecular complexity index is 1300. The van der Waals surface area contributed by atoms with Crippen molar-refractivity contribution < 1.29 is 23.4 Å². The summed E-state index contributed by atoms with van der Waals surface area (Å²) in [6, 6.07) is 3.83. The van der Waals surface area contributed by atoms with Gasteiger partial charge < -0.3 is 29.7 Å². The minimum absolute atomic E-state index is 0.00179. The Hall–Kier alpha value is -3.58. The fourth-order valence-corrected chi connectivity index (χ4v) is 5.72. The lowest BCUT2D eigenvalue weighted by atomic mass is 9.93. The molecule has 1 aliphatic carbocycles. The van der Waals surface area contributed by atoms with Gasteiger partial charge in [0.1, 0.15) is 17.7 Å². The Labute approximate surface area is 237 Å². The van der Waals surface area contributed by atoms with Crippen molar-refractivity contribution in [2.75, 3.05) is 74.1 Å². The van der Waals surface area contributed by atoms with Gasteiger partial charge in [-0.2, -0.15) is 4.98 Å². The van der Waals surface area contributed by atoms with Crippen LogP contribution in [-0.2, 0) is 4.74 Å². The smallest absolute Gasteiger partial charge is 0.251 e. The number of hydrogen-bond acceptors (Lipinski definition) is 11. The number of anilines is 3. The maximum atomic E-state index is 12.6. The van der Waals surface area contributed by atoms with Crippen LogP contribution in [0.1, 0.15) is 25.7 Å². The van der Waals surface area contributed by atoms with Crippen LogP contribution in [0.25, 0.3) is 10.9 Å². The zero-order chi connectivity index (χ0) is 28.2. The molecule has 220 valence electrons. The van der Waals surface area contributed by atoms with Gasteiger partial charge in [-0.05, 0) is 31.7 Å². The van der Waals surface area contributed by atoms with Crippen molar-refractivity contribution in [1.82, 2.24) is 24.8 Å². The van der Waals surface area contributed by atoms with Crippen LogP contribution in [0.5, 0.6) is 11.6 Å². The van der Waals surface area contributed by atoms with E-state index in [2.05, 4.69) is 30.1 Å². The first-order valence-corrected chi connectivity index (χ1v) is 14.3. The molecule has 13 heteroatoms. The van der Waals surface area contributed by atoms with Gasteiger partial charge in [0.25, 0.3) is 6.43 Å². The third-order valence-corrected chi connectivity index (χ3v) is 8.01. The van der Waals surface area contributed by atoms with Crippen LogP contribution in [0.2, 0.25) is 0 Å². The molecule has 0 radical (unpaired) electrons. The second-order valence-electron chi connectivity index (χ2n) is 10.8. The van der Waals surface area contributed by atoms with E-state index in [0.717, 1.165) is 55.8 Å². The third kappa shape index (κ3) is 6.84. The second-order valence-corrected chi connectivity index (χ2v) is 10.8. The number of aromatic nitrogens is 4. The van der Waals surface area contributed by atoms with E-state index in [4.69, 9.17) is 14.5 Å². The summed E-state index contributed by atoms with van der Waals surface area (Å²) >= 11 is 0. The summed E-state index contributed by atoms with van der Waals surface area (Å²) in [5.74, 6) is 1.97. The van der Waals surface area contributed by atoms with Crippen molar-refractivity contribution >= 4 is 28.4 Å². The van der Waals surface area contributed by atoms with E-state index in [1.807, 2.05) is 6.07 Å². The van der Waals surface area contributed by atoms with Crippen LogP contribution in [0.15, 0.2) is 30.7 Å². The SMILES string of the molecule is Oc1cnc2cc(N3CCOCC3)nc(OC3CCC(Nc4ncc(N5CCN(CC(F)F)CC5)cn4)CC3)c2c1. The molecule has 0 unspecified atom stereocenters. The molecule has 0 spiro atoms. The first-order chi connectivity index (χ1) is 20.0. The van der Waals surface area contributed by atoms with Gasteiger partial charge in [-0.25, -0.2) is 18.7 Å². The number of ether oxygens (including phenoxy) is 2. The largest absolute Gasteiger partial charge is 0.506 e. The molecule has 3 aliphatic rings. The molecule has 0 amide bonds. The summed E-state index contributed by atoms with van der Waals surface area (Å²) in [6.45, 7) is 5.24. The third-order valence-electron chi connectivity index (χ3n) is 8.01. The number of nitrogens with zero attached hydrogens (tertiary/aromatic N) is 7. The molecule has 41 heavy (non-hydrogen) atoms. The molecule has 2 saturated heterocycles. The number of fused-ring (bicyclic) bond motifs is 1. The Morgan fingerprint density at radius 2 is 1.66 bits per heavy atom. The summed E-state index contributed by atoms with van der Waals surface area (Å²) in [5.41, 5.74) is 1.64. The molecular weight excluding hydrogens is 534 g/mol. The van der Waals surface area contributed by atoms with Gasteiger partial charge in [-0.3, -0.25) is 9.88 Å². The predicted octanol–water partition coefficient (Wildman–Crippen LogP) is 3.15. The van der Waals surface area contributed by atoms with Gasteiger partial charge in [-0.1, -0.05) is 0 Å².